The molecule has 1 heterocycles. The van der Waals surface area contributed by atoms with Crippen molar-refractivity contribution >= 4 is 27.4 Å². The summed E-state index contributed by atoms with van der Waals surface area (Å²) in [6, 6.07) is 2.83. The van der Waals surface area contributed by atoms with Crippen LogP contribution in [0.25, 0.3) is 10.1 Å². The summed E-state index contributed by atoms with van der Waals surface area (Å²) >= 11 is 1.03. The summed E-state index contributed by atoms with van der Waals surface area (Å²) in [4.78, 5) is 11.7. The molecule has 0 saturated heterocycles. The second-order valence-electron chi connectivity index (χ2n) is 6.06. The molecule has 1 N–H and O–H groups in total. The van der Waals surface area contributed by atoms with Crippen LogP contribution in [0.4, 0.5) is 4.39 Å². The van der Waals surface area contributed by atoms with Crippen LogP contribution in [-0.2, 0) is 0 Å². The lowest BCUT2D eigenvalue weighted by Gasteiger charge is -2.27. The number of hydrogen-bond donors (Lipinski definition) is 1. The summed E-state index contributed by atoms with van der Waals surface area (Å²) in [5.41, 5.74) is 0. The molecule has 6 heteroatoms. The number of fused-ring (bicyclic) bond motifs is 1. The maximum Gasteiger partial charge on any atom is 0.349 e. The predicted octanol–water partition coefficient (Wildman–Crippen LogP) is 4.70. The van der Waals surface area contributed by atoms with Gasteiger partial charge < -0.3 is 14.6 Å². The Balaban J connectivity index is 2.05. The third-order valence-electron chi connectivity index (χ3n) is 4.28. The second kappa shape index (κ2) is 6.35. The molecule has 124 valence electrons. The number of carboxylic acid groups (broad SMARTS) is 1. The number of aromatic carboxylic acids is 1. The van der Waals surface area contributed by atoms with Crippen molar-refractivity contribution in [3.63, 3.8) is 0 Å². The van der Waals surface area contributed by atoms with Gasteiger partial charge in [0.25, 0.3) is 0 Å². The summed E-state index contributed by atoms with van der Waals surface area (Å²) < 4.78 is 25.5. The first kappa shape index (κ1) is 16.1. The molecule has 0 radical (unpaired) electrons. The van der Waals surface area contributed by atoms with Crippen LogP contribution >= 0.6 is 11.3 Å². The van der Waals surface area contributed by atoms with Crippen LogP contribution in [0.15, 0.2) is 12.1 Å². The molecule has 1 saturated carbocycles. The maximum atomic E-state index is 13.9. The zero-order valence-electron chi connectivity index (χ0n) is 13.1. The predicted molar refractivity (Wildman–Crippen MR) is 87.3 cm³/mol. The Morgan fingerprint density at radius 2 is 2.17 bits per heavy atom. The third kappa shape index (κ3) is 3.13. The molecule has 0 unspecified atom stereocenters. The van der Waals surface area contributed by atoms with Crippen LogP contribution in [0, 0.1) is 11.7 Å². The average Bonchev–Trinajstić information content (AvgIpc) is 2.84. The zero-order valence-corrected chi connectivity index (χ0v) is 13.9. The number of benzene rings is 1. The number of ether oxygens (including phenoxy) is 2. The van der Waals surface area contributed by atoms with E-state index in [1.54, 1.807) is 0 Å². The summed E-state index contributed by atoms with van der Waals surface area (Å²) in [7, 11) is 1.39. The topological polar surface area (TPSA) is 55.8 Å². The molecular weight excluding hydrogens is 319 g/mol. The van der Waals surface area contributed by atoms with E-state index in [4.69, 9.17) is 9.47 Å². The van der Waals surface area contributed by atoms with Gasteiger partial charge >= 0.3 is 5.97 Å². The molecule has 1 aromatic heterocycles. The molecule has 2 aromatic rings. The van der Waals surface area contributed by atoms with Gasteiger partial charge in [-0.25, -0.2) is 9.18 Å². The molecule has 0 aliphatic heterocycles. The van der Waals surface area contributed by atoms with E-state index in [1.165, 1.54) is 25.7 Å². The smallest absolute Gasteiger partial charge is 0.349 e. The van der Waals surface area contributed by atoms with Gasteiger partial charge in [-0.15, -0.1) is 11.3 Å². The van der Waals surface area contributed by atoms with Crippen LogP contribution in [0.1, 0.15) is 42.3 Å². The van der Waals surface area contributed by atoms with Crippen molar-refractivity contribution in [1.29, 1.82) is 0 Å². The molecule has 23 heavy (non-hydrogen) atoms. The lowest BCUT2D eigenvalue weighted by atomic mass is 9.88. The Kier molecular flexibility index (Phi) is 4.43. The normalized spacial score (nSPS) is 21.3. The molecule has 2 atom stereocenters. The van der Waals surface area contributed by atoms with Crippen molar-refractivity contribution in [3.8, 4) is 11.5 Å². The zero-order chi connectivity index (χ0) is 16.6. The molecule has 0 spiro atoms. The van der Waals surface area contributed by atoms with Gasteiger partial charge in [-0.3, -0.25) is 0 Å². The minimum atomic E-state index is -1.05. The molecule has 1 aliphatic carbocycles. The lowest BCUT2D eigenvalue weighted by molar-refractivity contribution is 0.0690. The highest BCUT2D eigenvalue weighted by Crippen LogP contribution is 2.42. The first-order chi connectivity index (χ1) is 11.0. The van der Waals surface area contributed by atoms with Crippen molar-refractivity contribution in [1.82, 2.24) is 0 Å². The van der Waals surface area contributed by atoms with Gasteiger partial charge in [0.1, 0.15) is 0 Å². The lowest BCUT2D eigenvalue weighted by Crippen LogP contribution is -2.24. The monoisotopic (exact) mass is 338 g/mol. The quantitative estimate of drug-likeness (QED) is 0.877. The van der Waals surface area contributed by atoms with E-state index in [0.717, 1.165) is 30.6 Å². The fourth-order valence-electron chi connectivity index (χ4n) is 3.14. The third-order valence-corrected chi connectivity index (χ3v) is 5.41. The standard InChI is InChI=1S/C17H19FO4S/c1-9-4-3-5-10(6-9)22-15-11-7-13(21-2)12(18)8-14(11)23-16(15)17(19)20/h7-10H,3-6H2,1-2H3,(H,19,20)/t9-,10+/m0/s1. The van der Waals surface area contributed by atoms with Gasteiger partial charge in [-0.1, -0.05) is 13.3 Å². The molecule has 1 aliphatic rings. The van der Waals surface area contributed by atoms with E-state index < -0.39 is 11.8 Å². The number of rotatable bonds is 4. The summed E-state index contributed by atoms with van der Waals surface area (Å²) in [5.74, 6) is -0.552. The number of carboxylic acids is 1. The first-order valence-electron chi connectivity index (χ1n) is 7.69. The number of hydrogen-bond acceptors (Lipinski definition) is 4. The molecule has 0 bridgehead atoms. The highest BCUT2D eigenvalue weighted by Gasteiger charge is 2.26. The fourth-order valence-corrected chi connectivity index (χ4v) is 4.12. The molecule has 0 amide bonds. The van der Waals surface area contributed by atoms with E-state index in [2.05, 4.69) is 6.92 Å². The summed E-state index contributed by atoms with van der Waals surface area (Å²) in [6.45, 7) is 2.18. The largest absolute Gasteiger partial charge is 0.494 e. The van der Waals surface area contributed by atoms with Crippen molar-refractivity contribution in [2.75, 3.05) is 7.11 Å². The number of methoxy groups -OCH3 is 1. The Labute approximate surface area is 137 Å². The van der Waals surface area contributed by atoms with Gasteiger partial charge in [0, 0.05) is 10.1 Å². The van der Waals surface area contributed by atoms with Crippen molar-refractivity contribution < 1.29 is 23.8 Å². The molecular formula is C17H19FO4S. The first-order valence-corrected chi connectivity index (χ1v) is 8.51. The minimum absolute atomic E-state index is 0.00528. The number of halogens is 1. The van der Waals surface area contributed by atoms with Gasteiger partial charge in [-0.2, -0.15) is 0 Å². The molecule has 3 rings (SSSR count). The average molecular weight is 338 g/mol. The van der Waals surface area contributed by atoms with Crippen molar-refractivity contribution in [2.45, 2.75) is 38.7 Å². The van der Waals surface area contributed by atoms with Crippen molar-refractivity contribution in [3.05, 3.63) is 22.8 Å². The van der Waals surface area contributed by atoms with Gasteiger partial charge in [0.15, 0.2) is 22.2 Å². The van der Waals surface area contributed by atoms with Gasteiger partial charge in [0.05, 0.1) is 13.2 Å². The SMILES string of the molecule is COc1cc2c(O[C@@H]3CCC[C@H](C)C3)c(C(=O)O)sc2cc1F. The van der Waals surface area contributed by atoms with Gasteiger partial charge in [0.2, 0.25) is 0 Å². The Morgan fingerprint density at radius 3 is 2.83 bits per heavy atom. The van der Waals surface area contributed by atoms with E-state index in [9.17, 15) is 14.3 Å². The minimum Gasteiger partial charge on any atom is -0.494 e. The van der Waals surface area contributed by atoms with Crippen LogP contribution in [0.5, 0.6) is 11.5 Å². The highest BCUT2D eigenvalue weighted by atomic mass is 32.1. The Morgan fingerprint density at radius 1 is 1.39 bits per heavy atom. The van der Waals surface area contributed by atoms with Crippen LogP contribution in [0.3, 0.4) is 0 Å². The highest BCUT2D eigenvalue weighted by molar-refractivity contribution is 7.21. The van der Waals surface area contributed by atoms with E-state index in [1.807, 2.05) is 0 Å². The fraction of sp³-hybridized carbons (Fsp3) is 0.471. The van der Waals surface area contributed by atoms with E-state index in [0.29, 0.717) is 21.8 Å². The van der Waals surface area contributed by atoms with Gasteiger partial charge in [-0.05, 0) is 37.3 Å². The molecule has 4 nitrogen and oxygen atoms in total. The van der Waals surface area contributed by atoms with Crippen LogP contribution < -0.4 is 9.47 Å². The molecule has 1 fully saturated rings. The second-order valence-corrected chi connectivity index (χ2v) is 7.11. The Hall–Kier alpha value is -1.82. The molecule has 1 aromatic carbocycles. The summed E-state index contributed by atoms with van der Waals surface area (Å²) in [6.07, 6.45) is 4.09. The van der Waals surface area contributed by atoms with E-state index in [-0.39, 0.29) is 16.7 Å². The maximum absolute atomic E-state index is 13.9. The van der Waals surface area contributed by atoms with Crippen LogP contribution in [0.2, 0.25) is 0 Å². The van der Waals surface area contributed by atoms with Crippen LogP contribution in [-0.4, -0.2) is 24.3 Å². The number of thiophene rings is 1. The Bertz CT molecular complexity index is 740. The summed E-state index contributed by atoms with van der Waals surface area (Å²) in [5, 5.41) is 10.1. The van der Waals surface area contributed by atoms with E-state index >= 15 is 0 Å². The number of carbonyl (C=O) groups is 1. The van der Waals surface area contributed by atoms with Crippen molar-refractivity contribution in [2.24, 2.45) is 5.92 Å².